The van der Waals surface area contributed by atoms with E-state index >= 15 is 0 Å². The summed E-state index contributed by atoms with van der Waals surface area (Å²) in [6, 6.07) is 8.62. The lowest BCUT2D eigenvalue weighted by atomic mass is 10.0. The molecule has 0 aromatic heterocycles. The summed E-state index contributed by atoms with van der Waals surface area (Å²) in [5, 5.41) is 9.44. The molecule has 0 spiro atoms. The van der Waals surface area contributed by atoms with Crippen molar-refractivity contribution in [3.8, 4) is 0 Å². The molecule has 1 unspecified atom stereocenters. The van der Waals surface area contributed by atoms with Gasteiger partial charge in [0.05, 0.1) is 0 Å². The van der Waals surface area contributed by atoms with Crippen LogP contribution in [-0.4, -0.2) is 29.0 Å². The number of nitrogens with zero attached hydrogens (tertiary/aromatic N) is 1. The summed E-state index contributed by atoms with van der Waals surface area (Å²) in [5.41, 5.74) is 7.17. The molecule has 4 heteroatoms. The molecule has 1 aliphatic heterocycles. The van der Waals surface area contributed by atoms with Crippen molar-refractivity contribution in [2.45, 2.75) is 44.6 Å². The van der Waals surface area contributed by atoms with Crippen LogP contribution in [-0.2, 0) is 4.79 Å². The number of nitrogens with two attached hydrogens (primary N) is 1. The van der Waals surface area contributed by atoms with Crippen molar-refractivity contribution >= 4 is 12.0 Å². The van der Waals surface area contributed by atoms with Crippen LogP contribution in [0.25, 0.3) is 6.08 Å². The van der Waals surface area contributed by atoms with Crippen LogP contribution in [0.3, 0.4) is 0 Å². The van der Waals surface area contributed by atoms with Crippen molar-refractivity contribution < 1.29 is 9.90 Å². The first-order valence-electron chi connectivity index (χ1n) is 8.68. The molecule has 2 aliphatic rings. The van der Waals surface area contributed by atoms with Gasteiger partial charge in [0.2, 0.25) is 0 Å². The fraction of sp³-hybridized carbons (Fsp3) is 0.526. The van der Waals surface area contributed by atoms with Gasteiger partial charge in [0.1, 0.15) is 0 Å². The quantitative estimate of drug-likeness (QED) is 0.646. The highest BCUT2D eigenvalue weighted by molar-refractivity contribution is 5.93. The second-order valence-corrected chi connectivity index (χ2v) is 6.86. The molecular formula is C19H26N2O2. The van der Waals surface area contributed by atoms with E-state index in [4.69, 9.17) is 5.73 Å². The predicted octanol–water partition coefficient (Wildman–Crippen LogP) is 3.40. The fourth-order valence-electron chi connectivity index (χ4n) is 3.99. The van der Waals surface area contributed by atoms with Crippen LogP contribution in [0.1, 0.15) is 55.7 Å². The summed E-state index contributed by atoms with van der Waals surface area (Å²) in [5.74, 6) is -0.320. The number of likely N-dealkylation sites (tertiary alicyclic amines) is 1. The van der Waals surface area contributed by atoms with Crippen molar-refractivity contribution in [3.05, 3.63) is 41.2 Å². The molecule has 1 aromatic rings. The van der Waals surface area contributed by atoms with E-state index < -0.39 is 11.7 Å². The number of hydrogen-bond donors (Lipinski definition) is 2. The third-order valence-corrected chi connectivity index (χ3v) is 5.21. The van der Waals surface area contributed by atoms with E-state index in [1.54, 1.807) is 0 Å². The van der Waals surface area contributed by atoms with Crippen LogP contribution in [0.5, 0.6) is 0 Å². The SMILES string of the molecule is NC(=O)/C(O)=C\c1ccc(C2CCCN2CC2CCCC2)cc1. The largest absolute Gasteiger partial charge is 0.503 e. The molecule has 2 fully saturated rings. The van der Waals surface area contributed by atoms with Crippen molar-refractivity contribution in [3.63, 3.8) is 0 Å². The van der Waals surface area contributed by atoms with Gasteiger partial charge in [-0.3, -0.25) is 9.69 Å². The molecular weight excluding hydrogens is 288 g/mol. The van der Waals surface area contributed by atoms with Gasteiger partial charge in [-0.25, -0.2) is 0 Å². The van der Waals surface area contributed by atoms with Gasteiger partial charge in [-0.2, -0.15) is 0 Å². The van der Waals surface area contributed by atoms with Crippen LogP contribution >= 0.6 is 0 Å². The number of carbonyl (C=O) groups is 1. The third-order valence-electron chi connectivity index (χ3n) is 5.21. The zero-order valence-corrected chi connectivity index (χ0v) is 13.6. The Balaban J connectivity index is 1.68. The van der Waals surface area contributed by atoms with E-state index in [1.165, 1.54) is 63.3 Å². The Kier molecular flexibility index (Phi) is 5.01. The van der Waals surface area contributed by atoms with Crippen molar-refractivity contribution in [1.29, 1.82) is 0 Å². The van der Waals surface area contributed by atoms with Crippen LogP contribution in [0.15, 0.2) is 30.0 Å². The van der Waals surface area contributed by atoms with Gasteiger partial charge in [-0.1, -0.05) is 37.1 Å². The highest BCUT2D eigenvalue weighted by atomic mass is 16.3. The van der Waals surface area contributed by atoms with Gasteiger partial charge in [-0.15, -0.1) is 0 Å². The molecule has 1 aliphatic carbocycles. The van der Waals surface area contributed by atoms with Gasteiger partial charge in [-0.05, 0) is 55.3 Å². The lowest BCUT2D eigenvalue weighted by Gasteiger charge is -2.27. The summed E-state index contributed by atoms with van der Waals surface area (Å²) in [6.07, 6.45) is 9.47. The summed E-state index contributed by atoms with van der Waals surface area (Å²) < 4.78 is 0. The third kappa shape index (κ3) is 3.94. The topological polar surface area (TPSA) is 66.6 Å². The summed E-state index contributed by atoms with van der Waals surface area (Å²) in [6.45, 7) is 2.43. The molecule has 124 valence electrons. The Morgan fingerprint density at radius 1 is 1.17 bits per heavy atom. The molecule has 1 amide bonds. The van der Waals surface area contributed by atoms with E-state index in [1.807, 2.05) is 12.1 Å². The zero-order valence-electron chi connectivity index (χ0n) is 13.6. The predicted molar refractivity (Wildman–Crippen MR) is 91.7 cm³/mol. The van der Waals surface area contributed by atoms with Gasteiger partial charge in [0.15, 0.2) is 5.76 Å². The molecule has 1 heterocycles. The van der Waals surface area contributed by atoms with Crippen molar-refractivity contribution in [2.75, 3.05) is 13.1 Å². The van der Waals surface area contributed by atoms with Gasteiger partial charge in [0, 0.05) is 12.6 Å². The Labute approximate surface area is 138 Å². The van der Waals surface area contributed by atoms with Crippen LogP contribution < -0.4 is 5.73 Å². The minimum atomic E-state index is -0.799. The molecule has 23 heavy (non-hydrogen) atoms. The minimum absolute atomic E-state index is 0.401. The number of hydrogen-bond acceptors (Lipinski definition) is 3. The average molecular weight is 314 g/mol. The maximum atomic E-state index is 10.9. The molecule has 0 bridgehead atoms. The molecule has 1 saturated carbocycles. The number of primary amides is 1. The fourth-order valence-corrected chi connectivity index (χ4v) is 3.99. The molecule has 4 nitrogen and oxygen atoms in total. The molecule has 1 atom stereocenters. The van der Waals surface area contributed by atoms with Gasteiger partial charge in [0.25, 0.3) is 5.91 Å². The van der Waals surface area contributed by atoms with Crippen LogP contribution in [0.2, 0.25) is 0 Å². The lowest BCUT2D eigenvalue weighted by molar-refractivity contribution is -0.116. The summed E-state index contributed by atoms with van der Waals surface area (Å²) >= 11 is 0. The summed E-state index contributed by atoms with van der Waals surface area (Å²) in [4.78, 5) is 13.5. The van der Waals surface area contributed by atoms with E-state index in [2.05, 4.69) is 17.0 Å². The van der Waals surface area contributed by atoms with E-state index in [0.29, 0.717) is 6.04 Å². The zero-order chi connectivity index (χ0) is 16.2. The second-order valence-electron chi connectivity index (χ2n) is 6.86. The van der Waals surface area contributed by atoms with E-state index in [9.17, 15) is 9.90 Å². The van der Waals surface area contributed by atoms with Crippen molar-refractivity contribution in [1.82, 2.24) is 4.90 Å². The number of carbonyl (C=O) groups excluding carboxylic acids is 1. The molecule has 3 N–H and O–H groups in total. The van der Waals surface area contributed by atoms with Crippen molar-refractivity contribution in [2.24, 2.45) is 11.7 Å². The number of aliphatic hydroxyl groups is 1. The number of amides is 1. The Morgan fingerprint density at radius 3 is 2.52 bits per heavy atom. The normalized spacial score (nSPS) is 23.5. The standard InChI is InChI=1S/C19H26N2O2/c20-19(23)18(22)12-14-7-9-16(10-8-14)17-6-3-11-21(17)13-15-4-1-2-5-15/h7-10,12,15,17,22H,1-6,11,13H2,(H2,20,23)/b18-12+. The van der Waals surface area contributed by atoms with Gasteiger partial charge < -0.3 is 10.8 Å². The van der Waals surface area contributed by atoms with Gasteiger partial charge >= 0.3 is 0 Å². The van der Waals surface area contributed by atoms with Crippen LogP contribution in [0.4, 0.5) is 0 Å². The maximum Gasteiger partial charge on any atom is 0.283 e. The molecule has 3 rings (SSSR count). The van der Waals surface area contributed by atoms with Crippen LogP contribution in [0, 0.1) is 5.92 Å². The first kappa shape index (κ1) is 16.1. The lowest BCUT2D eigenvalue weighted by Crippen LogP contribution is -2.28. The molecule has 1 aromatic carbocycles. The summed E-state index contributed by atoms with van der Waals surface area (Å²) in [7, 11) is 0. The number of aliphatic hydroxyl groups excluding tert-OH is 1. The Morgan fingerprint density at radius 2 is 1.87 bits per heavy atom. The first-order valence-corrected chi connectivity index (χ1v) is 8.68. The highest BCUT2D eigenvalue weighted by Gasteiger charge is 2.28. The smallest absolute Gasteiger partial charge is 0.283 e. The maximum absolute atomic E-state index is 10.9. The number of benzene rings is 1. The highest BCUT2D eigenvalue weighted by Crippen LogP contribution is 2.35. The van der Waals surface area contributed by atoms with E-state index in [0.717, 1.165) is 11.5 Å². The molecule has 1 saturated heterocycles. The van der Waals surface area contributed by atoms with E-state index in [-0.39, 0.29) is 0 Å². The Bertz CT molecular complexity index is 574. The Hall–Kier alpha value is -1.81. The number of rotatable bonds is 5. The minimum Gasteiger partial charge on any atom is -0.503 e. The average Bonchev–Trinajstić information content (AvgIpc) is 3.20. The second kappa shape index (κ2) is 7.18. The monoisotopic (exact) mass is 314 g/mol. The molecule has 0 radical (unpaired) electrons. The first-order chi connectivity index (χ1) is 11.1.